The summed E-state index contributed by atoms with van der Waals surface area (Å²) in [4.78, 5) is 8.59. The maximum atomic E-state index is 4.30. The Labute approximate surface area is 89.7 Å². The number of rotatable bonds is 6. The zero-order chi connectivity index (χ0) is 10.2. The van der Waals surface area contributed by atoms with E-state index in [0.717, 1.165) is 36.0 Å². The molecule has 1 heterocycles. The van der Waals surface area contributed by atoms with Crippen LogP contribution in [0.5, 0.6) is 0 Å². The fraction of sp³-hybridized carbons (Fsp3) is 0.600. The predicted octanol–water partition coefficient (Wildman–Crippen LogP) is 1.84. The van der Waals surface area contributed by atoms with E-state index in [4.69, 9.17) is 0 Å². The van der Waals surface area contributed by atoms with Crippen molar-refractivity contribution in [2.75, 3.05) is 12.3 Å². The Morgan fingerprint density at radius 3 is 2.57 bits per heavy atom. The Bertz CT molecular complexity index is 221. The predicted molar refractivity (Wildman–Crippen MR) is 61.2 cm³/mol. The smallest absolute Gasteiger partial charge is 0.138 e. The van der Waals surface area contributed by atoms with E-state index >= 15 is 0 Å². The van der Waals surface area contributed by atoms with Crippen LogP contribution in [-0.4, -0.2) is 22.3 Å². The van der Waals surface area contributed by atoms with Crippen LogP contribution >= 0.6 is 11.8 Å². The molecule has 0 aliphatic heterocycles. The third kappa shape index (κ3) is 4.07. The van der Waals surface area contributed by atoms with E-state index in [2.05, 4.69) is 29.1 Å². The summed E-state index contributed by atoms with van der Waals surface area (Å²) in [6.45, 7) is 6.07. The molecule has 0 radical (unpaired) electrons. The van der Waals surface area contributed by atoms with Gasteiger partial charge in [0, 0.05) is 24.5 Å². The highest BCUT2D eigenvalue weighted by atomic mass is 32.2. The maximum Gasteiger partial charge on any atom is 0.138 e. The number of nitrogens with zero attached hydrogens (tertiary/aromatic N) is 2. The van der Waals surface area contributed by atoms with Gasteiger partial charge in [0.1, 0.15) is 5.82 Å². The Kier molecular flexibility index (Phi) is 5.56. The average Bonchev–Trinajstić information content (AvgIpc) is 2.25. The molecule has 0 aliphatic carbocycles. The summed E-state index contributed by atoms with van der Waals surface area (Å²) < 4.78 is 0. The van der Waals surface area contributed by atoms with Gasteiger partial charge in [0.15, 0.2) is 0 Å². The molecule has 1 aromatic heterocycles. The molecule has 0 unspecified atom stereocenters. The van der Waals surface area contributed by atoms with E-state index in [1.54, 1.807) is 0 Å². The minimum atomic E-state index is 0.859. The van der Waals surface area contributed by atoms with Crippen molar-refractivity contribution >= 4 is 11.8 Å². The van der Waals surface area contributed by atoms with Crippen LogP contribution in [0.25, 0.3) is 0 Å². The quantitative estimate of drug-likeness (QED) is 0.779. The molecule has 4 heteroatoms. The molecule has 0 amide bonds. The third-order valence-corrected chi connectivity index (χ3v) is 2.64. The van der Waals surface area contributed by atoms with Crippen molar-refractivity contribution in [2.45, 2.75) is 26.1 Å². The van der Waals surface area contributed by atoms with Crippen LogP contribution < -0.4 is 5.32 Å². The summed E-state index contributed by atoms with van der Waals surface area (Å²) in [7, 11) is 0. The molecule has 3 nitrogen and oxygen atoms in total. The van der Waals surface area contributed by atoms with Crippen molar-refractivity contribution in [1.29, 1.82) is 0 Å². The summed E-state index contributed by atoms with van der Waals surface area (Å²) in [6.07, 6.45) is 3.81. The maximum absolute atomic E-state index is 4.30. The third-order valence-electron chi connectivity index (χ3n) is 1.77. The summed E-state index contributed by atoms with van der Waals surface area (Å²) in [5.41, 5.74) is 1.15. The summed E-state index contributed by atoms with van der Waals surface area (Å²) in [5.74, 6) is 2.96. The molecule has 0 fully saturated rings. The van der Waals surface area contributed by atoms with Gasteiger partial charge in [-0.05, 0) is 12.3 Å². The van der Waals surface area contributed by atoms with E-state index in [1.165, 1.54) is 0 Å². The molecule has 1 aromatic rings. The van der Waals surface area contributed by atoms with Gasteiger partial charge >= 0.3 is 0 Å². The highest BCUT2D eigenvalue weighted by molar-refractivity contribution is 7.98. The first-order valence-corrected chi connectivity index (χ1v) is 6.10. The van der Waals surface area contributed by atoms with Crippen LogP contribution in [0, 0.1) is 0 Å². The van der Waals surface area contributed by atoms with Crippen LogP contribution in [0.4, 0.5) is 0 Å². The van der Waals surface area contributed by atoms with Gasteiger partial charge in [-0.2, -0.15) is 11.8 Å². The first-order chi connectivity index (χ1) is 6.86. The summed E-state index contributed by atoms with van der Waals surface area (Å²) in [5, 5.41) is 3.24. The molecular formula is C10H17N3S. The molecule has 1 N–H and O–H groups in total. The topological polar surface area (TPSA) is 37.8 Å². The van der Waals surface area contributed by atoms with Crippen LogP contribution in [0.3, 0.4) is 0 Å². The lowest BCUT2D eigenvalue weighted by atomic mass is 10.3. The number of hydrogen-bond acceptors (Lipinski definition) is 4. The van der Waals surface area contributed by atoms with Gasteiger partial charge in [0.2, 0.25) is 0 Å². The molecule has 14 heavy (non-hydrogen) atoms. The SMILES string of the molecule is CCNCc1cnc(CSCC)nc1. The Hall–Kier alpha value is -0.610. The minimum Gasteiger partial charge on any atom is -0.313 e. The average molecular weight is 211 g/mol. The van der Waals surface area contributed by atoms with Gasteiger partial charge in [0.05, 0.1) is 5.75 Å². The normalized spacial score (nSPS) is 10.4. The first kappa shape index (κ1) is 11.5. The molecule has 0 atom stereocenters. The summed E-state index contributed by atoms with van der Waals surface area (Å²) >= 11 is 1.84. The van der Waals surface area contributed by atoms with Gasteiger partial charge < -0.3 is 5.32 Å². The van der Waals surface area contributed by atoms with Crippen molar-refractivity contribution in [2.24, 2.45) is 0 Å². The number of nitrogens with one attached hydrogen (secondary N) is 1. The number of hydrogen-bond donors (Lipinski definition) is 1. The molecule has 0 saturated heterocycles. The first-order valence-electron chi connectivity index (χ1n) is 4.95. The summed E-state index contributed by atoms with van der Waals surface area (Å²) in [6, 6.07) is 0. The Morgan fingerprint density at radius 1 is 1.29 bits per heavy atom. The molecule has 1 rings (SSSR count). The van der Waals surface area contributed by atoms with Crippen LogP contribution in [-0.2, 0) is 12.3 Å². The largest absolute Gasteiger partial charge is 0.313 e. The highest BCUT2D eigenvalue weighted by Gasteiger charge is 1.96. The van der Waals surface area contributed by atoms with E-state index in [0.29, 0.717) is 0 Å². The van der Waals surface area contributed by atoms with Crippen molar-refractivity contribution in [3.05, 3.63) is 23.8 Å². The minimum absolute atomic E-state index is 0.859. The molecule has 0 spiro atoms. The van der Waals surface area contributed by atoms with Crippen molar-refractivity contribution in [1.82, 2.24) is 15.3 Å². The van der Waals surface area contributed by atoms with Gasteiger partial charge in [-0.3, -0.25) is 0 Å². The van der Waals surface area contributed by atoms with Gasteiger partial charge in [-0.25, -0.2) is 9.97 Å². The van der Waals surface area contributed by atoms with Gasteiger partial charge in [-0.1, -0.05) is 13.8 Å². The lowest BCUT2D eigenvalue weighted by Crippen LogP contribution is -2.12. The van der Waals surface area contributed by atoms with E-state index in [-0.39, 0.29) is 0 Å². The number of thioether (sulfide) groups is 1. The Morgan fingerprint density at radius 2 is 2.00 bits per heavy atom. The van der Waals surface area contributed by atoms with Gasteiger partial charge in [0.25, 0.3) is 0 Å². The zero-order valence-electron chi connectivity index (χ0n) is 8.79. The van der Waals surface area contributed by atoms with E-state index in [9.17, 15) is 0 Å². The van der Waals surface area contributed by atoms with Crippen LogP contribution in [0.1, 0.15) is 25.2 Å². The zero-order valence-corrected chi connectivity index (χ0v) is 9.60. The monoisotopic (exact) mass is 211 g/mol. The van der Waals surface area contributed by atoms with E-state index in [1.807, 2.05) is 24.2 Å². The lowest BCUT2D eigenvalue weighted by Gasteiger charge is -2.02. The van der Waals surface area contributed by atoms with Crippen LogP contribution in [0.2, 0.25) is 0 Å². The Balaban J connectivity index is 2.42. The second-order valence-electron chi connectivity index (χ2n) is 2.93. The second-order valence-corrected chi connectivity index (χ2v) is 4.20. The standard InChI is InChI=1S/C10H17N3S/c1-3-11-5-9-6-12-10(13-7-9)8-14-4-2/h6-7,11H,3-5,8H2,1-2H3. The highest BCUT2D eigenvalue weighted by Crippen LogP contribution is 2.06. The van der Waals surface area contributed by atoms with Gasteiger partial charge in [-0.15, -0.1) is 0 Å². The fourth-order valence-corrected chi connectivity index (χ4v) is 1.55. The molecule has 0 aromatic carbocycles. The van der Waals surface area contributed by atoms with Crippen LogP contribution in [0.15, 0.2) is 12.4 Å². The van der Waals surface area contributed by atoms with Crippen molar-refractivity contribution in [3.8, 4) is 0 Å². The lowest BCUT2D eigenvalue weighted by molar-refractivity contribution is 0.719. The van der Waals surface area contributed by atoms with E-state index < -0.39 is 0 Å². The number of aromatic nitrogens is 2. The van der Waals surface area contributed by atoms with Crippen molar-refractivity contribution in [3.63, 3.8) is 0 Å². The van der Waals surface area contributed by atoms with Crippen molar-refractivity contribution < 1.29 is 0 Å². The molecule has 78 valence electrons. The second kappa shape index (κ2) is 6.79. The molecule has 0 bridgehead atoms. The molecule has 0 saturated carbocycles. The molecular weight excluding hydrogens is 194 g/mol. The molecule has 0 aliphatic rings. The fourth-order valence-electron chi connectivity index (χ4n) is 1.01.